The van der Waals surface area contributed by atoms with E-state index in [-0.39, 0.29) is 0 Å². The molecule has 0 saturated heterocycles. The van der Waals surface area contributed by atoms with Crippen molar-refractivity contribution < 1.29 is 4.74 Å². The van der Waals surface area contributed by atoms with Crippen LogP contribution in [0.25, 0.3) is 33.0 Å². The van der Waals surface area contributed by atoms with Crippen LogP contribution in [0.15, 0.2) is 76.5 Å². The highest BCUT2D eigenvalue weighted by molar-refractivity contribution is 7.99. The average Bonchev–Trinajstić information content (AvgIpc) is 3.49. The molecule has 0 aliphatic rings. The van der Waals surface area contributed by atoms with Crippen molar-refractivity contribution in [1.82, 2.24) is 29.7 Å². The number of para-hydroxylation sites is 1. The van der Waals surface area contributed by atoms with Gasteiger partial charge in [0, 0.05) is 30.5 Å². The second-order valence-corrected chi connectivity index (χ2v) is 8.54. The molecule has 0 aliphatic heterocycles. The molecule has 0 atom stereocenters. The molecule has 4 aromatic heterocycles. The molecular weight excluding hydrogens is 428 g/mol. The van der Waals surface area contributed by atoms with Gasteiger partial charge in [0.25, 0.3) is 0 Å². The summed E-state index contributed by atoms with van der Waals surface area (Å²) in [5, 5.41) is 13.6. The van der Waals surface area contributed by atoms with Gasteiger partial charge in [0.1, 0.15) is 5.03 Å². The largest absolute Gasteiger partial charge is 0.383 e. The van der Waals surface area contributed by atoms with E-state index in [2.05, 4.69) is 19.7 Å². The molecule has 7 nitrogen and oxygen atoms in total. The molecule has 1 aromatic carbocycles. The Labute approximate surface area is 187 Å². The number of pyridine rings is 1. The summed E-state index contributed by atoms with van der Waals surface area (Å²) >= 11 is 3.12. The third-order valence-corrected chi connectivity index (χ3v) is 6.53. The number of aromatic nitrogens is 6. The smallest absolute Gasteiger partial charge is 0.197 e. The van der Waals surface area contributed by atoms with Crippen molar-refractivity contribution >= 4 is 34.0 Å². The fourth-order valence-electron chi connectivity index (χ4n) is 3.19. The number of ether oxygens (including phenoxy) is 1. The van der Waals surface area contributed by atoms with Gasteiger partial charge in [0.15, 0.2) is 16.8 Å². The lowest BCUT2D eigenvalue weighted by atomic mass is 10.2. The second kappa shape index (κ2) is 8.93. The van der Waals surface area contributed by atoms with Crippen molar-refractivity contribution in [1.29, 1.82) is 0 Å². The molecular formula is C22H18N6OS2. The van der Waals surface area contributed by atoms with E-state index >= 15 is 0 Å². The van der Waals surface area contributed by atoms with Gasteiger partial charge in [0.2, 0.25) is 0 Å². The van der Waals surface area contributed by atoms with Crippen LogP contribution in [0.5, 0.6) is 0 Å². The summed E-state index contributed by atoms with van der Waals surface area (Å²) in [5.74, 6) is 1.49. The van der Waals surface area contributed by atoms with Crippen LogP contribution in [0.3, 0.4) is 0 Å². The average molecular weight is 447 g/mol. The fraction of sp³-hybridized carbons (Fsp3) is 0.136. The first-order valence-corrected chi connectivity index (χ1v) is 11.3. The van der Waals surface area contributed by atoms with Gasteiger partial charge in [-0.15, -0.1) is 21.5 Å². The molecule has 31 heavy (non-hydrogen) atoms. The van der Waals surface area contributed by atoms with Crippen LogP contribution >= 0.6 is 23.1 Å². The highest BCUT2D eigenvalue weighted by Gasteiger charge is 2.18. The number of benzene rings is 1. The van der Waals surface area contributed by atoms with Crippen LogP contribution in [0, 0.1) is 0 Å². The number of hydrogen-bond donors (Lipinski definition) is 0. The minimum atomic E-state index is 0.550. The van der Waals surface area contributed by atoms with E-state index in [0.717, 1.165) is 37.4 Å². The summed E-state index contributed by atoms with van der Waals surface area (Å²) < 4.78 is 7.39. The summed E-state index contributed by atoms with van der Waals surface area (Å²) in [6.07, 6.45) is 3.51. The first kappa shape index (κ1) is 19.8. The summed E-state index contributed by atoms with van der Waals surface area (Å²) in [7, 11) is 1.69. The minimum absolute atomic E-state index is 0.550. The van der Waals surface area contributed by atoms with Gasteiger partial charge >= 0.3 is 0 Å². The van der Waals surface area contributed by atoms with Crippen LogP contribution in [0.1, 0.15) is 0 Å². The maximum absolute atomic E-state index is 5.33. The lowest BCUT2D eigenvalue weighted by Gasteiger charge is -2.11. The van der Waals surface area contributed by atoms with Crippen LogP contribution in [-0.4, -0.2) is 43.4 Å². The summed E-state index contributed by atoms with van der Waals surface area (Å²) in [4.78, 5) is 14.8. The maximum atomic E-state index is 5.33. The zero-order valence-corrected chi connectivity index (χ0v) is 18.3. The predicted octanol–water partition coefficient (Wildman–Crippen LogP) is 4.81. The molecule has 0 bridgehead atoms. The Hall–Kier alpha value is -3.14. The summed E-state index contributed by atoms with van der Waals surface area (Å²) in [6.45, 7) is 1.18. The van der Waals surface area contributed by atoms with E-state index in [4.69, 9.17) is 14.7 Å². The minimum Gasteiger partial charge on any atom is -0.383 e. The number of thiophene rings is 1. The number of rotatable bonds is 7. The monoisotopic (exact) mass is 446 g/mol. The van der Waals surface area contributed by atoms with Crippen molar-refractivity contribution in [2.75, 3.05) is 13.7 Å². The number of nitrogens with zero attached hydrogens (tertiary/aromatic N) is 6. The van der Waals surface area contributed by atoms with Crippen molar-refractivity contribution in [3.05, 3.63) is 66.3 Å². The Kier molecular flexibility index (Phi) is 5.70. The number of hydrogen-bond acceptors (Lipinski definition) is 8. The summed E-state index contributed by atoms with van der Waals surface area (Å²) in [5.41, 5.74) is 1.86. The Morgan fingerprint density at radius 2 is 1.87 bits per heavy atom. The number of methoxy groups -OCH3 is 1. The molecule has 5 aromatic rings. The van der Waals surface area contributed by atoms with Crippen LogP contribution in [0.4, 0.5) is 0 Å². The van der Waals surface area contributed by atoms with Crippen molar-refractivity contribution in [2.24, 2.45) is 0 Å². The SMILES string of the molecule is COCCn1c(Sc2nc(-c3cccs3)nc3ccccc23)nnc1-c1ccncc1. The van der Waals surface area contributed by atoms with Gasteiger partial charge in [0.05, 0.1) is 23.5 Å². The van der Waals surface area contributed by atoms with Gasteiger partial charge in [-0.3, -0.25) is 9.55 Å². The molecule has 0 unspecified atom stereocenters. The van der Waals surface area contributed by atoms with Crippen LogP contribution in [-0.2, 0) is 11.3 Å². The first-order valence-electron chi connectivity index (χ1n) is 9.64. The van der Waals surface area contributed by atoms with E-state index in [9.17, 15) is 0 Å². The molecule has 0 saturated carbocycles. The molecule has 0 fully saturated rings. The molecule has 0 radical (unpaired) electrons. The molecule has 154 valence electrons. The Balaban J connectivity index is 1.60. The Bertz CT molecular complexity index is 1300. The highest BCUT2D eigenvalue weighted by Crippen LogP contribution is 2.34. The topological polar surface area (TPSA) is 78.6 Å². The maximum Gasteiger partial charge on any atom is 0.197 e. The van der Waals surface area contributed by atoms with Crippen LogP contribution < -0.4 is 0 Å². The van der Waals surface area contributed by atoms with Gasteiger partial charge < -0.3 is 4.74 Å². The van der Waals surface area contributed by atoms with Gasteiger partial charge in [-0.1, -0.05) is 24.3 Å². The molecule has 0 aliphatic carbocycles. The number of fused-ring (bicyclic) bond motifs is 1. The zero-order chi connectivity index (χ0) is 21.0. The van der Waals surface area contributed by atoms with E-state index in [1.807, 2.05) is 53.9 Å². The molecule has 9 heteroatoms. The third kappa shape index (κ3) is 4.07. The summed E-state index contributed by atoms with van der Waals surface area (Å²) in [6, 6.07) is 15.9. The lowest BCUT2D eigenvalue weighted by Crippen LogP contribution is -2.07. The highest BCUT2D eigenvalue weighted by atomic mass is 32.2. The normalized spacial score (nSPS) is 11.3. The molecule has 5 rings (SSSR count). The van der Waals surface area contributed by atoms with E-state index < -0.39 is 0 Å². The van der Waals surface area contributed by atoms with E-state index in [1.165, 1.54) is 11.8 Å². The zero-order valence-electron chi connectivity index (χ0n) is 16.7. The van der Waals surface area contributed by atoms with Crippen LogP contribution in [0.2, 0.25) is 0 Å². The Morgan fingerprint density at radius 1 is 1.00 bits per heavy atom. The van der Waals surface area contributed by atoms with Crippen molar-refractivity contribution in [3.63, 3.8) is 0 Å². The quantitative estimate of drug-likeness (QED) is 0.332. The third-order valence-electron chi connectivity index (χ3n) is 4.67. The molecule has 0 amide bonds. The molecule has 0 N–H and O–H groups in total. The van der Waals surface area contributed by atoms with Gasteiger partial charge in [-0.2, -0.15) is 0 Å². The Morgan fingerprint density at radius 3 is 2.68 bits per heavy atom. The molecule has 0 spiro atoms. The fourth-order valence-corrected chi connectivity index (χ4v) is 4.81. The second-order valence-electron chi connectivity index (χ2n) is 6.64. The van der Waals surface area contributed by atoms with E-state index in [1.54, 1.807) is 30.8 Å². The van der Waals surface area contributed by atoms with Crippen molar-refractivity contribution in [2.45, 2.75) is 16.7 Å². The standard InChI is InChI=1S/C22H18N6OS2/c1-29-13-12-28-20(15-8-10-23-11-9-15)26-27-22(28)31-21-16-5-2-3-6-17(16)24-19(25-21)18-7-4-14-30-18/h2-11,14H,12-13H2,1H3. The van der Waals surface area contributed by atoms with Gasteiger partial charge in [-0.05, 0) is 41.4 Å². The van der Waals surface area contributed by atoms with Crippen molar-refractivity contribution in [3.8, 4) is 22.1 Å². The van der Waals surface area contributed by atoms with E-state index in [0.29, 0.717) is 19.0 Å². The lowest BCUT2D eigenvalue weighted by molar-refractivity contribution is 0.185. The molecule has 4 heterocycles. The predicted molar refractivity (Wildman–Crippen MR) is 122 cm³/mol. The first-order chi connectivity index (χ1) is 15.3. The van der Waals surface area contributed by atoms with Gasteiger partial charge in [-0.25, -0.2) is 9.97 Å².